The molecule has 0 saturated carbocycles. The molecule has 0 aromatic heterocycles. The van der Waals surface area contributed by atoms with Gasteiger partial charge in [-0.3, -0.25) is 4.79 Å². The molecular weight excluding hydrogens is 426 g/mol. The van der Waals surface area contributed by atoms with Gasteiger partial charge in [0, 0.05) is 26.2 Å². The SMILES string of the molecule is CCC(C)c1ccccc1OCC(=O)N1CCN(S(=O)(=O)c2ccc(F)c(F)c2)CC1. The molecule has 0 radical (unpaired) electrons. The average molecular weight is 453 g/mol. The summed E-state index contributed by atoms with van der Waals surface area (Å²) in [4.78, 5) is 13.8. The Hall–Kier alpha value is -2.52. The zero-order valence-corrected chi connectivity index (χ0v) is 18.4. The van der Waals surface area contributed by atoms with Gasteiger partial charge in [0.05, 0.1) is 4.90 Å². The molecule has 1 aliphatic rings. The number of carbonyl (C=O) groups is 1. The number of hydrogen-bond donors (Lipinski definition) is 0. The Kier molecular flexibility index (Phi) is 7.27. The van der Waals surface area contributed by atoms with Crippen LogP contribution in [0.25, 0.3) is 0 Å². The van der Waals surface area contributed by atoms with Gasteiger partial charge in [0.15, 0.2) is 18.2 Å². The third kappa shape index (κ3) is 5.22. The zero-order chi connectivity index (χ0) is 22.6. The van der Waals surface area contributed by atoms with Gasteiger partial charge in [-0.2, -0.15) is 4.31 Å². The van der Waals surface area contributed by atoms with Crippen molar-refractivity contribution in [3.8, 4) is 5.75 Å². The van der Waals surface area contributed by atoms with Gasteiger partial charge in [-0.1, -0.05) is 32.0 Å². The van der Waals surface area contributed by atoms with Crippen molar-refractivity contribution < 1.29 is 26.7 Å². The maximum absolute atomic E-state index is 13.4. The summed E-state index contributed by atoms with van der Waals surface area (Å²) in [6, 6.07) is 10.1. The highest BCUT2D eigenvalue weighted by molar-refractivity contribution is 7.89. The van der Waals surface area contributed by atoms with E-state index in [4.69, 9.17) is 4.74 Å². The van der Waals surface area contributed by atoms with E-state index in [0.717, 1.165) is 24.1 Å². The first-order valence-corrected chi connectivity index (χ1v) is 11.6. The molecule has 1 heterocycles. The third-order valence-corrected chi connectivity index (χ3v) is 7.43. The van der Waals surface area contributed by atoms with E-state index in [1.165, 1.54) is 4.31 Å². The molecule has 2 aromatic rings. The Morgan fingerprint density at radius 3 is 2.39 bits per heavy atom. The number of hydrogen-bond acceptors (Lipinski definition) is 4. The first-order valence-electron chi connectivity index (χ1n) is 10.2. The van der Waals surface area contributed by atoms with Crippen LogP contribution in [0.2, 0.25) is 0 Å². The first-order chi connectivity index (χ1) is 14.7. The maximum Gasteiger partial charge on any atom is 0.260 e. The number of carbonyl (C=O) groups excluding carboxylic acids is 1. The quantitative estimate of drug-likeness (QED) is 0.646. The fourth-order valence-corrected chi connectivity index (χ4v) is 4.87. The van der Waals surface area contributed by atoms with Crippen LogP contribution in [0, 0.1) is 11.6 Å². The van der Waals surface area contributed by atoms with Gasteiger partial charge < -0.3 is 9.64 Å². The van der Waals surface area contributed by atoms with Crippen LogP contribution in [0.5, 0.6) is 5.75 Å². The van der Waals surface area contributed by atoms with E-state index in [-0.39, 0.29) is 43.6 Å². The van der Waals surface area contributed by atoms with E-state index < -0.39 is 21.7 Å². The Bertz CT molecular complexity index is 1040. The highest BCUT2D eigenvalue weighted by atomic mass is 32.2. The van der Waals surface area contributed by atoms with Crippen LogP contribution in [0.1, 0.15) is 31.7 Å². The fourth-order valence-electron chi connectivity index (χ4n) is 3.43. The Morgan fingerprint density at radius 1 is 1.06 bits per heavy atom. The van der Waals surface area contributed by atoms with E-state index in [2.05, 4.69) is 13.8 Å². The van der Waals surface area contributed by atoms with Gasteiger partial charge >= 0.3 is 0 Å². The average Bonchev–Trinajstić information content (AvgIpc) is 2.79. The Balaban J connectivity index is 1.58. The topological polar surface area (TPSA) is 66.9 Å². The minimum atomic E-state index is -3.97. The van der Waals surface area contributed by atoms with Crippen molar-refractivity contribution in [1.29, 1.82) is 0 Å². The second-order valence-corrected chi connectivity index (χ2v) is 9.43. The lowest BCUT2D eigenvalue weighted by Gasteiger charge is -2.34. The molecule has 0 bridgehead atoms. The van der Waals surface area contributed by atoms with Crippen LogP contribution in [0.3, 0.4) is 0 Å². The van der Waals surface area contributed by atoms with Gasteiger partial charge in [0.1, 0.15) is 5.75 Å². The molecule has 9 heteroatoms. The van der Waals surface area contributed by atoms with Gasteiger partial charge in [-0.05, 0) is 42.2 Å². The lowest BCUT2D eigenvalue weighted by molar-refractivity contribution is -0.134. The van der Waals surface area contributed by atoms with Crippen molar-refractivity contribution >= 4 is 15.9 Å². The summed E-state index contributed by atoms with van der Waals surface area (Å²) < 4.78 is 58.8. The number of rotatable bonds is 7. The smallest absolute Gasteiger partial charge is 0.260 e. The van der Waals surface area contributed by atoms with Crippen molar-refractivity contribution in [2.45, 2.75) is 31.1 Å². The molecule has 31 heavy (non-hydrogen) atoms. The summed E-state index contributed by atoms with van der Waals surface area (Å²) in [5.41, 5.74) is 1.04. The number of piperazine rings is 1. The van der Waals surface area contributed by atoms with E-state index in [1.807, 2.05) is 24.3 Å². The van der Waals surface area contributed by atoms with Crippen LogP contribution < -0.4 is 4.74 Å². The number of amides is 1. The predicted molar refractivity (Wildman–Crippen MR) is 112 cm³/mol. The number of sulfonamides is 1. The van der Waals surface area contributed by atoms with Crippen LogP contribution >= 0.6 is 0 Å². The molecule has 0 aliphatic carbocycles. The van der Waals surface area contributed by atoms with E-state index in [0.29, 0.717) is 17.7 Å². The van der Waals surface area contributed by atoms with Crippen LogP contribution in [0.15, 0.2) is 47.4 Å². The summed E-state index contributed by atoms with van der Waals surface area (Å²) in [5, 5.41) is 0. The number of halogens is 2. The molecule has 1 atom stereocenters. The van der Waals surface area contributed by atoms with Gasteiger partial charge in [-0.15, -0.1) is 0 Å². The lowest BCUT2D eigenvalue weighted by Crippen LogP contribution is -2.51. The van der Waals surface area contributed by atoms with Crippen LogP contribution in [0.4, 0.5) is 8.78 Å². The van der Waals surface area contributed by atoms with E-state index in [1.54, 1.807) is 4.90 Å². The molecule has 3 rings (SSSR count). The third-order valence-electron chi connectivity index (χ3n) is 5.53. The first kappa shape index (κ1) is 23.1. The van der Waals surface area contributed by atoms with Crippen molar-refractivity contribution in [3.63, 3.8) is 0 Å². The summed E-state index contributed by atoms with van der Waals surface area (Å²) in [7, 11) is -3.97. The molecule has 1 saturated heterocycles. The molecule has 1 amide bonds. The molecular formula is C22H26F2N2O4S. The molecule has 0 N–H and O–H groups in total. The van der Waals surface area contributed by atoms with E-state index >= 15 is 0 Å². The number of nitrogens with zero attached hydrogens (tertiary/aromatic N) is 2. The Morgan fingerprint density at radius 2 is 1.74 bits per heavy atom. The summed E-state index contributed by atoms with van der Waals surface area (Å²) >= 11 is 0. The van der Waals surface area contributed by atoms with Crippen molar-refractivity contribution in [2.75, 3.05) is 32.8 Å². The minimum Gasteiger partial charge on any atom is -0.483 e. The standard InChI is InChI=1S/C22H26F2N2O4S/c1-3-16(2)18-6-4-5-7-21(18)30-15-22(27)25-10-12-26(13-11-25)31(28,29)17-8-9-19(23)20(24)14-17/h4-9,14,16H,3,10-13,15H2,1-2H3. The van der Waals surface area contributed by atoms with Crippen molar-refractivity contribution in [2.24, 2.45) is 0 Å². The largest absolute Gasteiger partial charge is 0.483 e. The second kappa shape index (κ2) is 9.74. The van der Waals surface area contributed by atoms with Crippen molar-refractivity contribution in [1.82, 2.24) is 9.21 Å². The highest BCUT2D eigenvalue weighted by Crippen LogP contribution is 2.28. The van der Waals surface area contributed by atoms with Gasteiger partial charge in [0.2, 0.25) is 10.0 Å². The highest BCUT2D eigenvalue weighted by Gasteiger charge is 2.31. The molecule has 6 nitrogen and oxygen atoms in total. The molecule has 1 fully saturated rings. The Labute approximate surface area is 181 Å². The molecule has 2 aromatic carbocycles. The maximum atomic E-state index is 13.4. The minimum absolute atomic E-state index is 0.0660. The predicted octanol–water partition coefficient (Wildman–Crippen LogP) is 3.39. The van der Waals surface area contributed by atoms with Crippen LogP contribution in [-0.4, -0.2) is 56.3 Å². The second-order valence-electron chi connectivity index (χ2n) is 7.50. The van der Waals surface area contributed by atoms with Crippen LogP contribution in [-0.2, 0) is 14.8 Å². The summed E-state index contributed by atoms with van der Waals surface area (Å²) in [5.74, 6) is -1.58. The van der Waals surface area contributed by atoms with Gasteiger partial charge in [-0.25, -0.2) is 17.2 Å². The molecule has 1 aliphatic heterocycles. The normalized spacial score (nSPS) is 16.2. The van der Waals surface area contributed by atoms with Crippen molar-refractivity contribution in [3.05, 3.63) is 59.7 Å². The van der Waals surface area contributed by atoms with Gasteiger partial charge in [0.25, 0.3) is 5.91 Å². The molecule has 0 spiro atoms. The zero-order valence-electron chi connectivity index (χ0n) is 17.6. The number of para-hydroxylation sites is 1. The molecule has 168 valence electrons. The number of ether oxygens (including phenoxy) is 1. The monoisotopic (exact) mass is 452 g/mol. The lowest BCUT2D eigenvalue weighted by atomic mass is 9.98. The molecule has 1 unspecified atom stereocenters. The summed E-state index contributed by atoms with van der Waals surface area (Å²) in [6.07, 6.45) is 0.947. The summed E-state index contributed by atoms with van der Waals surface area (Å²) in [6.45, 7) is 4.56. The fraction of sp³-hybridized carbons (Fsp3) is 0.409. The number of benzene rings is 2. The van der Waals surface area contributed by atoms with E-state index in [9.17, 15) is 22.0 Å².